The first-order valence-corrected chi connectivity index (χ1v) is 7.18. The summed E-state index contributed by atoms with van der Waals surface area (Å²) in [5, 5.41) is 0.905. The Morgan fingerprint density at radius 1 is 1.20 bits per heavy atom. The van der Waals surface area contributed by atoms with E-state index in [1.54, 1.807) is 11.8 Å². The zero-order valence-electron chi connectivity index (χ0n) is 10.6. The maximum absolute atomic E-state index is 5.97. The van der Waals surface area contributed by atoms with Gasteiger partial charge in [-0.15, -0.1) is 0 Å². The van der Waals surface area contributed by atoms with Gasteiger partial charge in [0.2, 0.25) is 0 Å². The Balaban J connectivity index is 1.76. The van der Waals surface area contributed by atoms with Gasteiger partial charge in [-0.3, -0.25) is 0 Å². The molecule has 1 aliphatic carbocycles. The lowest BCUT2D eigenvalue weighted by molar-refractivity contribution is 1.21. The molecule has 2 aromatic heterocycles. The number of rotatable bonds is 2. The zero-order chi connectivity index (χ0) is 13.5. The number of nitrogens with two attached hydrogens (primary N) is 1. The number of benzene rings is 1. The highest BCUT2D eigenvalue weighted by Gasteiger charge is 2.17. The van der Waals surface area contributed by atoms with E-state index >= 15 is 0 Å². The van der Waals surface area contributed by atoms with Crippen LogP contribution >= 0.6 is 11.8 Å². The average molecular weight is 280 g/mol. The molecule has 0 unspecified atom stereocenters. The molecule has 98 valence electrons. The van der Waals surface area contributed by atoms with Crippen molar-refractivity contribution in [3.05, 3.63) is 54.0 Å². The number of allylic oxidation sites excluding steroid dienone is 1. The second-order valence-electron chi connectivity index (χ2n) is 4.67. The number of H-pyrrole nitrogens is 1. The molecule has 20 heavy (non-hydrogen) atoms. The summed E-state index contributed by atoms with van der Waals surface area (Å²) in [6, 6.07) is 8.49. The van der Waals surface area contributed by atoms with E-state index in [4.69, 9.17) is 5.73 Å². The highest BCUT2D eigenvalue weighted by molar-refractivity contribution is 8.08. The van der Waals surface area contributed by atoms with Crippen molar-refractivity contribution in [2.24, 2.45) is 0 Å². The summed E-state index contributed by atoms with van der Waals surface area (Å²) in [6.45, 7) is 0. The van der Waals surface area contributed by atoms with Gasteiger partial charge >= 0.3 is 0 Å². The molecular weight excluding hydrogens is 268 g/mol. The van der Waals surface area contributed by atoms with Gasteiger partial charge in [-0.05, 0) is 17.5 Å². The molecule has 4 nitrogen and oxygen atoms in total. The van der Waals surface area contributed by atoms with Crippen LogP contribution in [0.3, 0.4) is 0 Å². The van der Waals surface area contributed by atoms with Gasteiger partial charge in [0.15, 0.2) is 0 Å². The van der Waals surface area contributed by atoms with E-state index in [1.807, 2.05) is 6.20 Å². The number of fused-ring (bicyclic) bond motifs is 2. The van der Waals surface area contributed by atoms with Gasteiger partial charge in [0.05, 0.1) is 5.39 Å². The van der Waals surface area contributed by atoms with Crippen molar-refractivity contribution >= 4 is 33.5 Å². The molecule has 0 amide bonds. The Morgan fingerprint density at radius 2 is 2.10 bits per heavy atom. The second-order valence-corrected chi connectivity index (χ2v) is 5.75. The molecule has 0 saturated carbocycles. The van der Waals surface area contributed by atoms with Crippen molar-refractivity contribution in [1.82, 2.24) is 15.0 Å². The molecule has 5 heteroatoms. The van der Waals surface area contributed by atoms with Crippen LogP contribution in [0.15, 0.2) is 47.8 Å². The lowest BCUT2D eigenvalue weighted by Gasteiger charge is -2.05. The van der Waals surface area contributed by atoms with Crippen molar-refractivity contribution in [2.45, 2.75) is 11.3 Å². The van der Waals surface area contributed by atoms with E-state index in [2.05, 4.69) is 45.3 Å². The van der Waals surface area contributed by atoms with Gasteiger partial charge in [-0.1, -0.05) is 42.1 Å². The lowest BCUT2D eigenvalue weighted by Crippen LogP contribution is -1.92. The number of anilines is 1. The van der Waals surface area contributed by atoms with Gasteiger partial charge in [-0.2, -0.15) is 0 Å². The van der Waals surface area contributed by atoms with E-state index in [0.29, 0.717) is 5.82 Å². The highest BCUT2D eigenvalue weighted by atomic mass is 32.2. The van der Waals surface area contributed by atoms with Gasteiger partial charge in [-0.25, -0.2) is 9.97 Å². The Kier molecular flexibility index (Phi) is 2.53. The summed E-state index contributed by atoms with van der Waals surface area (Å²) < 4.78 is 0. The third-order valence-corrected chi connectivity index (χ3v) is 4.62. The van der Waals surface area contributed by atoms with E-state index in [-0.39, 0.29) is 0 Å². The van der Waals surface area contributed by atoms with E-state index in [0.717, 1.165) is 22.3 Å². The molecule has 0 saturated heterocycles. The maximum Gasteiger partial charge on any atom is 0.144 e. The fourth-order valence-electron chi connectivity index (χ4n) is 2.50. The number of aromatic nitrogens is 3. The molecule has 0 atom stereocenters. The van der Waals surface area contributed by atoms with Crippen molar-refractivity contribution in [2.75, 3.05) is 5.73 Å². The van der Waals surface area contributed by atoms with Crippen LogP contribution in [0.1, 0.15) is 11.1 Å². The molecule has 0 spiro atoms. The predicted octanol–water partition coefficient (Wildman–Crippen LogP) is 3.23. The Hall–Kier alpha value is -2.27. The first-order chi connectivity index (χ1) is 9.83. The summed E-state index contributed by atoms with van der Waals surface area (Å²) >= 11 is 1.71. The summed E-state index contributed by atoms with van der Waals surface area (Å²) in [7, 11) is 0. The lowest BCUT2D eigenvalue weighted by atomic mass is 10.1. The summed E-state index contributed by atoms with van der Waals surface area (Å²) in [6.07, 6.45) is 6.68. The van der Waals surface area contributed by atoms with Gasteiger partial charge in [0.25, 0.3) is 0 Å². The second kappa shape index (κ2) is 4.38. The van der Waals surface area contributed by atoms with Crippen molar-refractivity contribution < 1.29 is 0 Å². The molecule has 0 bridgehead atoms. The van der Waals surface area contributed by atoms with Crippen LogP contribution in [0.4, 0.5) is 5.82 Å². The molecule has 1 aliphatic rings. The number of hydrogen-bond donors (Lipinski definition) is 2. The van der Waals surface area contributed by atoms with E-state index < -0.39 is 0 Å². The monoisotopic (exact) mass is 280 g/mol. The van der Waals surface area contributed by atoms with Crippen LogP contribution in [-0.2, 0) is 6.42 Å². The van der Waals surface area contributed by atoms with Crippen LogP contribution in [0.5, 0.6) is 0 Å². The smallest absolute Gasteiger partial charge is 0.144 e. The third kappa shape index (κ3) is 1.71. The fourth-order valence-corrected chi connectivity index (χ4v) is 3.64. The fraction of sp³-hybridized carbons (Fsp3) is 0.0667. The van der Waals surface area contributed by atoms with Crippen LogP contribution in [-0.4, -0.2) is 15.0 Å². The third-order valence-electron chi connectivity index (χ3n) is 3.47. The number of nitrogens with one attached hydrogen (secondary N) is 1. The first-order valence-electron chi connectivity index (χ1n) is 6.37. The minimum Gasteiger partial charge on any atom is -0.383 e. The average Bonchev–Trinajstić information content (AvgIpc) is 3.06. The molecule has 3 aromatic rings. The summed E-state index contributed by atoms with van der Waals surface area (Å²) in [4.78, 5) is 13.8. The first kappa shape index (κ1) is 11.5. The van der Waals surface area contributed by atoms with Crippen LogP contribution in [0.2, 0.25) is 0 Å². The van der Waals surface area contributed by atoms with Crippen molar-refractivity contribution in [1.29, 1.82) is 0 Å². The van der Waals surface area contributed by atoms with E-state index in [1.165, 1.54) is 22.4 Å². The molecule has 0 radical (unpaired) electrons. The highest BCUT2D eigenvalue weighted by Crippen LogP contribution is 2.42. The quantitative estimate of drug-likeness (QED) is 0.756. The largest absolute Gasteiger partial charge is 0.383 e. The molecular formula is C15H12N4S. The molecule has 0 aliphatic heterocycles. The van der Waals surface area contributed by atoms with Crippen LogP contribution in [0, 0.1) is 0 Å². The van der Waals surface area contributed by atoms with Crippen molar-refractivity contribution in [3.63, 3.8) is 0 Å². The molecule has 0 fully saturated rings. The van der Waals surface area contributed by atoms with Gasteiger partial charge in [0.1, 0.15) is 17.8 Å². The number of nitrogens with zero attached hydrogens (tertiary/aromatic N) is 2. The molecule has 3 N–H and O–H groups in total. The Labute approximate surface area is 120 Å². The molecule has 2 heterocycles. The minimum atomic E-state index is 0.519. The standard InChI is InChI=1S/C15H12N4S/c16-14-13-12(7-17-15(13)19-8-18-14)20-11-6-5-9-3-1-2-4-10(9)11/h1-4,6-8H,5H2,(H3,16,17,18,19). The minimum absolute atomic E-state index is 0.519. The number of thioether (sulfide) groups is 1. The number of hydrogen-bond acceptors (Lipinski definition) is 4. The normalized spacial score (nSPS) is 13.5. The SMILES string of the molecule is Nc1ncnc2[nH]cc(SC3=CCc4ccccc43)c12. The van der Waals surface area contributed by atoms with Crippen LogP contribution in [0.25, 0.3) is 15.9 Å². The molecule has 1 aromatic carbocycles. The van der Waals surface area contributed by atoms with Gasteiger partial charge < -0.3 is 10.7 Å². The Bertz CT molecular complexity index is 835. The number of nitrogen functional groups attached to an aromatic ring is 1. The number of aromatic amines is 1. The Morgan fingerprint density at radius 3 is 3.05 bits per heavy atom. The predicted molar refractivity (Wildman–Crippen MR) is 82.3 cm³/mol. The summed E-state index contributed by atoms with van der Waals surface area (Å²) in [5.74, 6) is 0.519. The van der Waals surface area contributed by atoms with Crippen molar-refractivity contribution in [3.8, 4) is 0 Å². The van der Waals surface area contributed by atoms with Crippen LogP contribution < -0.4 is 5.73 Å². The topological polar surface area (TPSA) is 67.6 Å². The maximum atomic E-state index is 5.97. The van der Waals surface area contributed by atoms with Gasteiger partial charge in [0, 0.05) is 16.0 Å². The summed E-state index contributed by atoms with van der Waals surface area (Å²) in [5.41, 5.74) is 9.43. The zero-order valence-corrected chi connectivity index (χ0v) is 11.4. The van der Waals surface area contributed by atoms with E-state index in [9.17, 15) is 0 Å². The molecule has 4 rings (SSSR count).